The zero-order chi connectivity index (χ0) is 17.3. The van der Waals surface area contributed by atoms with Gasteiger partial charge in [-0.3, -0.25) is 0 Å². The van der Waals surface area contributed by atoms with Gasteiger partial charge in [0.2, 0.25) is 0 Å². The molecule has 2 aromatic carbocycles. The number of hydrogen-bond acceptors (Lipinski definition) is 1. The second kappa shape index (κ2) is 6.67. The average molecular weight is 355 g/mol. The number of hydrogen-bond donors (Lipinski definition) is 0. The molecule has 5 heteroatoms. The largest absolute Gasteiger partial charge is 0.482 e. The Morgan fingerprint density at radius 1 is 1.12 bits per heavy atom. The molecule has 0 bridgehead atoms. The third-order valence-corrected chi connectivity index (χ3v) is 4.67. The summed E-state index contributed by atoms with van der Waals surface area (Å²) in [6.07, 6.45) is -1.05. The maximum absolute atomic E-state index is 12.6. The standard InChI is InChI=1S/C19H18ClF3O/c1-12-5-7-14(8-6-12)16-9-15(13-3-2-4-13)10-17(20)18(16)24-11-19(21,22)23/h5-10,13H,2-4,11H2,1H3. The van der Waals surface area contributed by atoms with Gasteiger partial charge in [0.05, 0.1) is 5.02 Å². The van der Waals surface area contributed by atoms with Crippen molar-refractivity contribution in [3.05, 3.63) is 52.5 Å². The Morgan fingerprint density at radius 2 is 1.79 bits per heavy atom. The first kappa shape index (κ1) is 17.2. The summed E-state index contributed by atoms with van der Waals surface area (Å²) in [4.78, 5) is 0. The molecular weight excluding hydrogens is 337 g/mol. The summed E-state index contributed by atoms with van der Waals surface area (Å²) in [6, 6.07) is 11.3. The second-order valence-corrected chi connectivity index (χ2v) is 6.68. The van der Waals surface area contributed by atoms with Gasteiger partial charge in [-0.05, 0) is 48.9 Å². The highest BCUT2D eigenvalue weighted by molar-refractivity contribution is 6.32. The van der Waals surface area contributed by atoms with E-state index in [0.29, 0.717) is 11.5 Å². The van der Waals surface area contributed by atoms with Gasteiger partial charge < -0.3 is 4.74 Å². The van der Waals surface area contributed by atoms with Crippen LogP contribution in [0.4, 0.5) is 13.2 Å². The fraction of sp³-hybridized carbons (Fsp3) is 0.368. The van der Waals surface area contributed by atoms with Crippen LogP contribution in [0.25, 0.3) is 11.1 Å². The van der Waals surface area contributed by atoms with Crippen molar-refractivity contribution in [2.24, 2.45) is 0 Å². The van der Waals surface area contributed by atoms with Gasteiger partial charge in [-0.1, -0.05) is 47.9 Å². The summed E-state index contributed by atoms with van der Waals surface area (Å²) in [5, 5.41) is 0.235. The van der Waals surface area contributed by atoms with Gasteiger partial charge in [0, 0.05) is 5.56 Å². The molecule has 0 atom stereocenters. The third kappa shape index (κ3) is 3.86. The fourth-order valence-corrected chi connectivity index (χ4v) is 3.12. The highest BCUT2D eigenvalue weighted by Gasteiger charge is 2.30. The molecule has 0 saturated heterocycles. The Morgan fingerprint density at radius 3 is 2.33 bits per heavy atom. The minimum absolute atomic E-state index is 0.0981. The van der Waals surface area contributed by atoms with Crippen LogP contribution >= 0.6 is 11.6 Å². The molecule has 0 unspecified atom stereocenters. The second-order valence-electron chi connectivity index (χ2n) is 6.28. The predicted molar refractivity (Wildman–Crippen MR) is 89.8 cm³/mol. The van der Waals surface area contributed by atoms with Crippen LogP contribution in [0.3, 0.4) is 0 Å². The van der Waals surface area contributed by atoms with Crippen molar-refractivity contribution in [2.75, 3.05) is 6.61 Å². The van der Waals surface area contributed by atoms with E-state index in [2.05, 4.69) is 0 Å². The van der Waals surface area contributed by atoms with E-state index in [9.17, 15) is 13.2 Å². The number of halogens is 4. The molecule has 1 fully saturated rings. The summed E-state index contributed by atoms with van der Waals surface area (Å²) < 4.78 is 42.7. The van der Waals surface area contributed by atoms with E-state index in [1.54, 1.807) is 6.07 Å². The highest BCUT2D eigenvalue weighted by Crippen LogP contribution is 2.44. The van der Waals surface area contributed by atoms with Gasteiger partial charge in [0.25, 0.3) is 0 Å². The molecule has 1 aliphatic carbocycles. The van der Waals surface area contributed by atoms with Gasteiger partial charge >= 0.3 is 6.18 Å². The topological polar surface area (TPSA) is 9.23 Å². The van der Waals surface area contributed by atoms with Crippen LogP contribution in [-0.2, 0) is 0 Å². The van der Waals surface area contributed by atoms with E-state index in [-0.39, 0.29) is 10.8 Å². The lowest BCUT2D eigenvalue weighted by Crippen LogP contribution is -2.20. The number of ether oxygens (including phenoxy) is 1. The number of benzene rings is 2. The van der Waals surface area contributed by atoms with Gasteiger partial charge in [0.15, 0.2) is 6.61 Å². The minimum Gasteiger partial charge on any atom is -0.482 e. The van der Waals surface area contributed by atoms with Gasteiger partial charge in [-0.15, -0.1) is 0 Å². The van der Waals surface area contributed by atoms with Crippen molar-refractivity contribution in [2.45, 2.75) is 38.3 Å². The molecule has 1 saturated carbocycles. The third-order valence-electron chi connectivity index (χ3n) is 4.39. The smallest absolute Gasteiger partial charge is 0.422 e. The fourth-order valence-electron chi connectivity index (χ4n) is 2.84. The molecule has 0 spiro atoms. The molecule has 1 nitrogen and oxygen atoms in total. The molecule has 24 heavy (non-hydrogen) atoms. The zero-order valence-corrected chi connectivity index (χ0v) is 14.0. The summed E-state index contributed by atoms with van der Waals surface area (Å²) in [6.45, 7) is 0.608. The summed E-state index contributed by atoms with van der Waals surface area (Å²) in [7, 11) is 0. The lowest BCUT2D eigenvalue weighted by atomic mass is 9.79. The number of alkyl halides is 3. The van der Waals surface area contributed by atoms with Gasteiger partial charge in [0.1, 0.15) is 5.75 Å². The van der Waals surface area contributed by atoms with E-state index >= 15 is 0 Å². The van der Waals surface area contributed by atoms with Crippen molar-refractivity contribution in [1.29, 1.82) is 0 Å². The normalized spacial score (nSPS) is 15.2. The van der Waals surface area contributed by atoms with E-state index in [1.807, 2.05) is 37.3 Å². The monoisotopic (exact) mass is 354 g/mol. The predicted octanol–water partition coefficient (Wildman–Crippen LogP) is 6.52. The zero-order valence-electron chi connectivity index (χ0n) is 13.3. The molecular formula is C19H18ClF3O. The van der Waals surface area contributed by atoms with Crippen LogP contribution in [0.1, 0.15) is 36.3 Å². The van der Waals surface area contributed by atoms with E-state index in [0.717, 1.165) is 29.5 Å². The summed E-state index contributed by atoms with van der Waals surface area (Å²) in [5.74, 6) is 0.532. The molecule has 2 aromatic rings. The Bertz CT molecular complexity index is 719. The van der Waals surface area contributed by atoms with Crippen LogP contribution in [0.5, 0.6) is 5.75 Å². The van der Waals surface area contributed by atoms with Crippen molar-refractivity contribution in [3.8, 4) is 16.9 Å². The summed E-state index contributed by atoms with van der Waals surface area (Å²) in [5.41, 5.74) is 3.58. The molecule has 0 aromatic heterocycles. The van der Waals surface area contributed by atoms with Crippen LogP contribution in [0.15, 0.2) is 36.4 Å². The lowest BCUT2D eigenvalue weighted by molar-refractivity contribution is -0.153. The Kier molecular flexibility index (Phi) is 4.77. The molecule has 0 heterocycles. The Balaban J connectivity index is 2.03. The van der Waals surface area contributed by atoms with E-state index in [4.69, 9.17) is 16.3 Å². The highest BCUT2D eigenvalue weighted by atomic mass is 35.5. The van der Waals surface area contributed by atoms with Crippen molar-refractivity contribution < 1.29 is 17.9 Å². The van der Waals surface area contributed by atoms with Crippen molar-refractivity contribution >= 4 is 11.6 Å². The molecule has 0 aliphatic heterocycles. The quantitative estimate of drug-likeness (QED) is 0.607. The van der Waals surface area contributed by atoms with Crippen LogP contribution in [0.2, 0.25) is 5.02 Å². The summed E-state index contributed by atoms with van der Waals surface area (Å²) >= 11 is 6.28. The lowest BCUT2D eigenvalue weighted by Gasteiger charge is -2.27. The molecule has 0 N–H and O–H groups in total. The SMILES string of the molecule is Cc1ccc(-c2cc(C3CCC3)cc(Cl)c2OCC(F)(F)F)cc1. The Labute approximate surface area is 144 Å². The van der Waals surface area contributed by atoms with Crippen LogP contribution in [-0.4, -0.2) is 12.8 Å². The van der Waals surface area contributed by atoms with E-state index in [1.165, 1.54) is 6.42 Å². The number of rotatable bonds is 4. The molecule has 1 aliphatic rings. The average Bonchev–Trinajstić information content (AvgIpc) is 2.43. The minimum atomic E-state index is -4.40. The molecule has 0 amide bonds. The first-order valence-electron chi connectivity index (χ1n) is 7.93. The van der Waals surface area contributed by atoms with Crippen molar-refractivity contribution in [3.63, 3.8) is 0 Å². The Hall–Kier alpha value is -1.68. The van der Waals surface area contributed by atoms with Crippen LogP contribution in [0, 0.1) is 6.92 Å². The first-order valence-corrected chi connectivity index (χ1v) is 8.31. The van der Waals surface area contributed by atoms with Gasteiger partial charge in [-0.25, -0.2) is 0 Å². The van der Waals surface area contributed by atoms with E-state index < -0.39 is 12.8 Å². The maximum atomic E-state index is 12.6. The maximum Gasteiger partial charge on any atom is 0.422 e. The molecule has 128 valence electrons. The molecule has 0 radical (unpaired) electrons. The number of aryl methyl sites for hydroxylation is 1. The van der Waals surface area contributed by atoms with Crippen molar-refractivity contribution in [1.82, 2.24) is 0 Å². The molecule has 3 rings (SSSR count). The van der Waals surface area contributed by atoms with Gasteiger partial charge in [-0.2, -0.15) is 13.2 Å². The first-order chi connectivity index (χ1) is 11.3. The van der Waals surface area contributed by atoms with Crippen LogP contribution < -0.4 is 4.74 Å².